The third-order valence-electron chi connectivity index (χ3n) is 2.14. The quantitative estimate of drug-likeness (QED) is 0.715. The monoisotopic (exact) mass is 235 g/mol. The van der Waals surface area contributed by atoms with Crippen LogP contribution in [0.25, 0.3) is 0 Å². The van der Waals surface area contributed by atoms with Crippen LogP contribution >= 0.6 is 24.4 Å². The molecule has 1 unspecified atom stereocenters. The summed E-state index contributed by atoms with van der Waals surface area (Å²) in [6.07, 6.45) is 2.05. The summed E-state index contributed by atoms with van der Waals surface area (Å²) in [5, 5.41) is 2.72. The molecule has 0 aromatic heterocycles. The molecular weight excluding hydrogens is 214 g/mol. The highest BCUT2D eigenvalue weighted by molar-refractivity contribution is 7.99. The van der Waals surface area contributed by atoms with Crippen molar-refractivity contribution >= 4 is 30.3 Å². The van der Waals surface area contributed by atoms with Gasteiger partial charge in [0, 0.05) is 11.3 Å². The molecule has 4 heteroatoms. The highest BCUT2D eigenvalue weighted by Gasteiger charge is 2.21. The third-order valence-corrected chi connectivity index (χ3v) is 4.22. The van der Waals surface area contributed by atoms with Crippen molar-refractivity contribution in [3.63, 3.8) is 0 Å². The van der Waals surface area contributed by atoms with Gasteiger partial charge < -0.3 is 5.32 Å². The van der Waals surface area contributed by atoms with Gasteiger partial charge in [0.15, 0.2) is 0 Å². The fourth-order valence-electron chi connectivity index (χ4n) is 0.779. The Kier molecular flexibility index (Phi) is 5.98. The lowest BCUT2D eigenvalue weighted by Crippen LogP contribution is -2.41. The molecule has 0 spiro atoms. The summed E-state index contributed by atoms with van der Waals surface area (Å²) < 4.78 is 0.0974. The maximum absolute atomic E-state index is 11.6. The Morgan fingerprint density at radius 2 is 2.00 bits per heavy atom. The molecule has 0 fully saturated rings. The van der Waals surface area contributed by atoms with Gasteiger partial charge in [-0.1, -0.05) is 13.8 Å². The lowest BCUT2D eigenvalue weighted by atomic mass is 10.1. The minimum Gasteiger partial charge on any atom is -0.354 e. The predicted octanol–water partition coefficient (Wildman–Crippen LogP) is 2.20. The Bertz CT molecular complexity index is 193. The van der Waals surface area contributed by atoms with Gasteiger partial charge in [-0.3, -0.25) is 4.79 Å². The van der Waals surface area contributed by atoms with Crippen LogP contribution in [0.3, 0.4) is 0 Å². The second-order valence-corrected chi connectivity index (χ2v) is 6.44. The van der Waals surface area contributed by atoms with Gasteiger partial charge in [-0.05, 0) is 26.0 Å². The molecular formula is C10H21NOS2. The summed E-state index contributed by atoms with van der Waals surface area (Å²) >= 11 is 6.01. The molecule has 0 aliphatic heterocycles. The smallest absolute Gasteiger partial charge is 0.233 e. The Hall–Kier alpha value is 0.170. The highest BCUT2D eigenvalue weighted by Crippen LogP contribution is 2.19. The van der Waals surface area contributed by atoms with E-state index >= 15 is 0 Å². The van der Waals surface area contributed by atoms with E-state index in [1.54, 1.807) is 11.8 Å². The Morgan fingerprint density at radius 3 is 2.36 bits per heavy atom. The number of thioether (sulfide) groups is 1. The van der Waals surface area contributed by atoms with E-state index < -0.39 is 0 Å². The summed E-state index contributed by atoms with van der Waals surface area (Å²) in [7, 11) is 0. The average Bonchev–Trinajstić information content (AvgIpc) is 2.13. The van der Waals surface area contributed by atoms with Crippen molar-refractivity contribution in [1.29, 1.82) is 0 Å². The highest BCUT2D eigenvalue weighted by atomic mass is 32.2. The van der Waals surface area contributed by atoms with Crippen molar-refractivity contribution in [1.82, 2.24) is 5.32 Å². The molecule has 0 aromatic carbocycles. The van der Waals surface area contributed by atoms with Crippen LogP contribution < -0.4 is 5.32 Å². The standard InChI is InChI=1S/C10H21NOS2/c1-7(2)8(13)9(12)11-6-10(3,4)14-5/h7-8,13H,6H2,1-5H3,(H,11,12). The first-order chi connectivity index (χ1) is 6.30. The number of hydrogen-bond donors (Lipinski definition) is 2. The molecule has 0 aliphatic rings. The summed E-state index contributed by atoms with van der Waals surface area (Å²) in [4.78, 5) is 11.6. The van der Waals surface area contributed by atoms with Gasteiger partial charge in [-0.15, -0.1) is 0 Å². The summed E-state index contributed by atoms with van der Waals surface area (Å²) in [6.45, 7) is 8.91. The molecule has 0 saturated heterocycles. The van der Waals surface area contributed by atoms with Crippen molar-refractivity contribution in [2.45, 2.75) is 37.7 Å². The maximum atomic E-state index is 11.6. The Balaban J connectivity index is 3.97. The first kappa shape index (κ1) is 14.2. The van der Waals surface area contributed by atoms with E-state index in [1.165, 1.54) is 0 Å². The first-order valence-electron chi connectivity index (χ1n) is 4.81. The van der Waals surface area contributed by atoms with E-state index in [2.05, 4.69) is 31.8 Å². The topological polar surface area (TPSA) is 29.1 Å². The molecule has 0 heterocycles. The number of carbonyl (C=O) groups excluding carboxylic acids is 1. The zero-order chi connectivity index (χ0) is 11.4. The molecule has 0 aliphatic carbocycles. The number of hydrogen-bond acceptors (Lipinski definition) is 3. The van der Waals surface area contributed by atoms with Gasteiger partial charge in [0.25, 0.3) is 0 Å². The normalized spacial score (nSPS) is 14.2. The second kappa shape index (κ2) is 5.91. The fraction of sp³-hybridized carbons (Fsp3) is 0.900. The zero-order valence-electron chi connectivity index (χ0n) is 9.63. The second-order valence-electron chi connectivity index (χ2n) is 4.37. The van der Waals surface area contributed by atoms with E-state index in [-0.39, 0.29) is 21.8 Å². The van der Waals surface area contributed by atoms with Gasteiger partial charge in [0.05, 0.1) is 5.25 Å². The molecule has 1 amide bonds. The number of thiol groups is 1. The number of carbonyl (C=O) groups is 1. The first-order valence-corrected chi connectivity index (χ1v) is 6.55. The molecule has 2 nitrogen and oxygen atoms in total. The zero-order valence-corrected chi connectivity index (χ0v) is 11.3. The largest absolute Gasteiger partial charge is 0.354 e. The van der Waals surface area contributed by atoms with Crippen LogP contribution in [-0.4, -0.2) is 28.7 Å². The molecule has 14 heavy (non-hydrogen) atoms. The van der Waals surface area contributed by atoms with Gasteiger partial charge in [0.2, 0.25) is 5.91 Å². The van der Waals surface area contributed by atoms with Crippen LogP contribution in [0.4, 0.5) is 0 Å². The van der Waals surface area contributed by atoms with Crippen LogP contribution in [0.15, 0.2) is 0 Å². The summed E-state index contributed by atoms with van der Waals surface area (Å²) in [5.74, 6) is 0.307. The van der Waals surface area contributed by atoms with Gasteiger partial charge in [0.1, 0.15) is 0 Å². The van der Waals surface area contributed by atoms with Crippen molar-refractivity contribution in [2.24, 2.45) is 5.92 Å². The molecule has 1 atom stereocenters. The SMILES string of the molecule is CSC(C)(C)CNC(=O)C(S)C(C)C. The average molecular weight is 235 g/mol. The van der Waals surface area contributed by atoms with E-state index in [9.17, 15) is 4.79 Å². The summed E-state index contributed by atoms with van der Waals surface area (Å²) in [6, 6.07) is 0. The van der Waals surface area contributed by atoms with Gasteiger partial charge in [-0.2, -0.15) is 24.4 Å². The summed E-state index contributed by atoms with van der Waals surface area (Å²) in [5.41, 5.74) is 0. The maximum Gasteiger partial charge on any atom is 0.233 e. The molecule has 84 valence electrons. The Labute approximate surface area is 97.0 Å². The van der Waals surface area contributed by atoms with Crippen molar-refractivity contribution in [3.8, 4) is 0 Å². The molecule has 0 rings (SSSR count). The van der Waals surface area contributed by atoms with Crippen LogP contribution in [0, 0.1) is 5.92 Å². The van der Waals surface area contributed by atoms with Gasteiger partial charge >= 0.3 is 0 Å². The Morgan fingerprint density at radius 1 is 1.50 bits per heavy atom. The van der Waals surface area contributed by atoms with Crippen molar-refractivity contribution < 1.29 is 4.79 Å². The number of nitrogens with one attached hydrogen (secondary N) is 1. The van der Waals surface area contributed by atoms with Crippen molar-refractivity contribution in [2.75, 3.05) is 12.8 Å². The lowest BCUT2D eigenvalue weighted by Gasteiger charge is -2.24. The van der Waals surface area contributed by atoms with Crippen LogP contribution in [0.1, 0.15) is 27.7 Å². The van der Waals surface area contributed by atoms with Crippen LogP contribution in [-0.2, 0) is 4.79 Å². The predicted molar refractivity (Wildman–Crippen MR) is 68.2 cm³/mol. The number of amides is 1. The van der Waals surface area contributed by atoms with E-state index in [1.807, 2.05) is 20.1 Å². The van der Waals surface area contributed by atoms with E-state index in [0.717, 1.165) is 0 Å². The van der Waals surface area contributed by atoms with E-state index in [0.29, 0.717) is 6.54 Å². The van der Waals surface area contributed by atoms with E-state index in [4.69, 9.17) is 0 Å². The molecule has 0 radical (unpaired) electrons. The minimum atomic E-state index is -0.201. The molecule has 0 bridgehead atoms. The van der Waals surface area contributed by atoms with Crippen LogP contribution in [0.5, 0.6) is 0 Å². The van der Waals surface area contributed by atoms with Crippen molar-refractivity contribution in [3.05, 3.63) is 0 Å². The molecule has 1 N–H and O–H groups in total. The molecule has 0 aromatic rings. The van der Waals surface area contributed by atoms with Gasteiger partial charge in [-0.25, -0.2) is 0 Å². The third kappa shape index (κ3) is 5.15. The van der Waals surface area contributed by atoms with Crippen LogP contribution in [0.2, 0.25) is 0 Å². The number of rotatable bonds is 5. The minimum absolute atomic E-state index is 0.0328. The fourth-order valence-corrected chi connectivity index (χ4v) is 1.09. The lowest BCUT2D eigenvalue weighted by molar-refractivity contribution is -0.121. The molecule has 0 saturated carbocycles.